The van der Waals surface area contributed by atoms with E-state index in [-0.39, 0.29) is 16.4 Å². The Hall–Kier alpha value is -1.33. The van der Waals surface area contributed by atoms with E-state index in [1.807, 2.05) is 32.0 Å². The highest BCUT2D eigenvalue weighted by Gasteiger charge is 2.40. The Balaban J connectivity index is 0.00000139. The summed E-state index contributed by atoms with van der Waals surface area (Å²) in [5, 5.41) is 13.6. The number of nitriles is 1. The zero-order chi connectivity index (χ0) is 18.4. The third kappa shape index (κ3) is 4.61. The highest BCUT2D eigenvalue weighted by Crippen LogP contribution is 2.40. The SMILES string of the molecule is CC.CC(C)(C)C(C)(C)NC1CCC(C#N)(c2ccccc2)CC1. The van der Waals surface area contributed by atoms with Gasteiger partial charge in [-0.05, 0) is 50.5 Å². The molecule has 1 N–H and O–H groups in total. The summed E-state index contributed by atoms with van der Waals surface area (Å²) in [6.07, 6.45) is 4.04. The summed E-state index contributed by atoms with van der Waals surface area (Å²) in [7, 11) is 0. The van der Waals surface area contributed by atoms with E-state index in [0.29, 0.717) is 6.04 Å². The minimum Gasteiger partial charge on any atom is -0.309 e. The van der Waals surface area contributed by atoms with Gasteiger partial charge in [0, 0.05) is 11.6 Å². The second kappa shape index (κ2) is 8.17. The smallest absolute Gasteiger partial charge is 0.0823 e. The standard InChI is InChI=1S/C20H30N2.C2H6/c1-18(2,3)19(4,5)22-17-11-13-20(15-21,14-12-17)16-9-7-6-8-10-16;1-2/h6-10,17,22H,11-14H2,1-5H3;1-2H3. The van der Waals surface area contributed by atoms with E-state index >= 15 is 0 Å². The summed E-state index contributed by atoms with van der Waals surface area (Å²) >= 11 is 0. The molecule has 0 saturated heterocycles. The summed E-state index contributed by atoms with van der Waals surface area (Å²) < 4.78 is 0. The highest BCUT2D eigenvalue weighted by molar-refractivity contribution is 5.33. The first kappa shape index (κ1) is 20.7. The topological polar surface area (TPSA) is 35.8 Å². The predicted molar refractivity (Wildman–Crippen MR) is 104 cm³/mol. The van der Waals surface area contributed by atoms with Gasteiger partial charge in [-0.2, -0.15) is 5.26 Å². The Morgan fingerprint density at radius 3 is 1.92 bits per heavy atom. The molecule has 2 rings (SSSR count). The van der Waals surface area contributed by atoms with Crippen molar-refractivity contribution in [3.63, 3.8) is 0 Å². The molecule has 1 aliphatic carbocycles. The lowest BCUT2D eigenvalue weighted by molar-refractivity contribution is 0.137. The lowest BCUT2D eigenvalue weighted by Crippen LogP contribution is -2.55. The van der Waals surface area contributed by atoms with Crippen molar-refractivity contribution in [2.24, 2.45) is 5.41 Å². The highest BCUT2D eigenvalue weighted by atomic mass is 15.0. The van der Waals surface area contributed by atoms with Crippen molar-refractivity contribution in [1.29, 1.82) is 5.26 Å². The van der Waals surface area contributed by atoms with Crippen LogP contribution in [0.3, 0.4) is 0 Å². The van der Waals surface area contributed by atoms with Crippen LogP contribution >= 0.6 is 0 Å². The van der Waals surface area contributed by atoms with Gasteiger partial charge in [-0.25, -0.2) is 0 Å². The van der Waals surface area contributed by atoms with Crippen molar-refractivity contribution in [1.82, 2.24) is 5.32 Å². The van der Waals surface area contributed by atoms with Gasteiger partial charge in [-0.1, -0.05) is 65.0 Å². The zero-order valence-electron chi connectivity index (χ0n) is 16.7. The Labute approximate surface area is 149 Å². The number of benzene rings is 1. The Morgan fingerprint density at radius 2 is 1.50 bits per heavy atom. The van der Waals surface area contributed by atoms with E-state index in [4.69, 9.17) is 0 Å². The molecule has 24 heavy (non-hydrogen) atoms. The molecule has 0 atom stereocenters. The van der Waals surface area contributed by atoms with Gasteiger partial charge in [0.05, 0.1) is 11.5 Å². The monoisotopic (exact) mass is 328 g/mol. The lowest BCUT2D eigenvalue weighted by atomic mass is 9.68. The first-order chi connectivity index (χ1) is 11.2. The van der Waals surface area contributed by atoms with Crippen LogP contribution in [0.5, 0.6) is 0 Å². The van der Waals surface area contributed by atoms with Crippen LogP contribution in [0.2, 0.25) is 0 Å². The molecule has 0 unspecified atom stereocenters. The summed E-state index contributed by atoms with van der Waals surface area (Å²) in [6.45, 7) is 15.4. The zero-order valence-corrected chi connectivity index (χ0v) is 16.7. The number of rotatable bonds is 3. The van der Waals surface area contributed by atoms with E-state index in [0.717, 1.165) is 25.7 Å². The van der Waals surface area contributed by atoms with Crippen LogP contribution in [0.4, 0.5) is 0 Å². The minimum absolute atomic E-state index is 0.0943. The van der Waals surface area contributed by atoms with E-state index in [2.05, 4.69) is 58.1 Å². The Morgan fingerprint density at radius 1 is 1.00 bits per heavy atom. The van der Waals surface area contributed by atoms with Gasteiger partial charge < -0.3 is 5.32 Å². The number of hydrogen-bond donors (Lipinski definition) is 1. The Bertz CT molecular complexity index is 523. The maximum absolute atomic E-state index is 9.77. The maximum Gasteiger partial charge on any atom is 0.0823 e. The molecule has 0 amide bonds. The van der Waals surface area contributed by atoms with Gasteiger partial charge in [0.1, 0.15) is 0 Å². The maximum atomic E-state index is 9.77. The van der Waals surface area contributed by atoms with Crippen LogP contribution in [0.15, 0.2) is 30.3 Å². The summed E-state index contributed by atoms with van der Waals surface area (Å²) in [5.41, 5.74) is 1.21. The fourth-order valence-electron chi connectivity index (χ4n) is 3.20. The van der Waals surface area contributed by atoms with Crippen LogP contribution in [0, 0.1) is 16.7 Å². The van der Waals surface area contributed by atoms with E-state index < -0.39 is 0 Å². The number of nitrogens with one attached hydrogen (secondary N) is 1. The molecule has 1 aliphatic rings. The molecule has 1 saturated carbocycles. The lowest BCUT2D eigenvalue weighted by Gasteiger charge is -2.45. The molecule has 1 fully saturated rings. The molecule has 0 heterocycles. The van der Waals surface area contributed by atoms with E-state index in [1.54, 1.807) is 0 Å². The molecular formula is C22H36N2. The third-order valence-electron chi connectivity index (χ3n) is 5.82. The molecule has 0 radical (unpaired) electrons. The van der Waals surface area contributed by atoms with Crippen molar-refractivity contribution in [2.45, 2.75) is 91.1 Å². The largest absolute Gasteiger partial charge is 0.309 e. The second-order valence-corrected chi connectivity index (χ2v) is 8.35. The van der Waals surface area contributed by atoms with Crippen molar-refractivity contribution < 1.29 is 0 Å². The molecule has 2 nitrogen and oxygen atoms in total. The first-order valence-electron chi connectivity index (χ1n) is 9.45. The molecule has 0 spiro atoms. The molecular weight excluding hydrogens is 292 g/mol. The van der Waals surface area contributed by atoms with Gasteiger partial charge in [0.25, 0.3) is 0 Å². The van der Waals surface area contributed by atoms with Crippen LogP contribution in [-0.2, 0) is 5.41 Å². The van der Waals surface area contributed by atoms with Gasteiger partial charge >= 0.3 is 0 Å². The van der Waals surface area contributed by atoms with Gasteiger partial charge in [0.2, 0.25) is 0 Å². The van der Waals surface area contributed by atoms with Crippen LogP contribution < -0.4 is 5.32 Å². The van der Waals surface area contributed by atoms with Crippen molar-refractivity contribution >= 4 is 0 Å². The molecule has 1 aromatic rings. The fraction of sp³-hybridized carbons (Fsp3) is 0.682. The van der Waals surface area contributed by atoms with Crippen LogP contribution in [0.1, 0.15) is 79.7 Å². The average molecular weight is 329 g/mol. The van der Waals surface area contributed by atoms with Crippen LogP contribution in [0.25, 0.3) is 0 Å². The summed E-state index contributed by atoms with van der Waals surface area (Å²) in [4.78, 5) is 0. The molecule has 1 aromatic carbocycles. The first-order valence-corrected chi connectivity index (χ1v) is 9.45. The second-order valence-electron chi connectivity index (χ2n) is 8.35. The van der Waals surface area contributed by atoms with E-state index in [1.165, 1.54) is 5.56 Å². The predicted octanol–water partition coefficient (Wildman–Crippen LogP) is 5.83. The average Bonchev–Trinajstić information content (AvgIpc) is 2.57. The van der Waals surface area contributed by atoms with Crippen molar-refractivity contribution in [3.05, 3.63) is 35.9 Å². The molecule has 0 bridgehead atoms. The fourth-order valence-corrected chi connectivity index (χ4v) is 3.20. The summed E-state index contributed by atoms with van der Waals surface area (Å²) in [5.74, 6) is 0. The third-order valence-corrected chi connectivity index (χ3v) is 5.82. The molecule has 0 aromatic heterocycles. The van der Waals surface area contributed by atoms with Crippen molar-refractivity contribution in [3.8, 4) is 6.07 Å². The van der Waals surface area contributed by atoms with Crippen LogP contribution in [-0.4, -0.2) is 11.6 Å². The van der Waals surface area contributed by atoms with Gasteiger partial charge in [0.15, 0.2) is 0 Å². The normalized spacial score (nSPS) is 24.5. The summed E-state index contributed by atoms with van der Waals surface area (Å²) in [6, 6.07) is 13.5. The molecule has 2 heteroatoms. The Kier molecular flexibility index (Phi) is 7.05. The minimum atomic E-state index is -0.286. The molecule has 0 aliphatic heterocycles. The number of hydrogen-bond acceptors (Lipinski definition) is 2. The van der Waals surface area contributed by atoms with Gasteiger partial charge in [-0.3, -0.25) is 0 Å². The quantitative estimate of drug-likeness (QED) is 0.757. The number of nitrogens with zero attached hydrogens (tertiary/aromatic N) is 1. The van der Waals surface area contributed by atoms with Crippen molar-refractivity contribution in [2.75, 3.05) is 0 Å². The van der Waals surface area contributed by atoms with Gasteiger partial charge in [-0.15, -0.1) is 0 Å². The molecule has 134 valence electrons. The van der Waals surface area contributed by atoms with E-state index in [9.17, 15) is 5.26 Å².